The lowest BCUT2D eigenvalue weighted by Gasteiger charge is -2.36. The number of amides is 1. The molecular formula is C15H16FN5O3. The summed E-state index contributed by atoms with van der Waals surface area (Å²) in [4.78, 5) is 27.9. The molecule has 24 heavy (non-hydrogen) atoms. The zero-order valence-corrected chi connectivity index (χ0v) is 12.8. The van der Waals surface area contributed by atoms with E-state index in [1.54, 1.807) is 29.3 Å². The first kappa shape index (κ1) is 16.0. The molecule has 3 rings (SSSR count). The number of pyridine rings is 1. The summed E-state index contributed by atoms with van der Waals surface area (Å²) in [7, 11) is 0. The van der Waals surface area contributed by atoms with Crippen LogP contribution in [0.2, 0.25) is 0 Å². The predicted molar refractivity (Wildman–Crippen MR) is 81.7 cm³/mol. The highest BCUT2D eigenvalue weighted by atomic mass is 19.1. The van der Waals surface area contributed by atoms with E-state index < -0.39 is 10.6 Å². The molecule has 1 aliphatic rings. The van der Waals surface area contributed by atoms with Gasteiger partial charge in [0.15, 0.2) is 5.67 Å². The Kier molecular flexibility index (Phi) is 4.24. The van der Waals surface area contributed by atoms with Crippen molar-refractivity contribution in [2.45, 2.75) is 25.1 Å². The summed E-state index contributed by atoms with van der Waals surface area (Å²) < 4.78 is 16.2. The van der Waals surface area contributed by atoms with Crippen LogP contribution in [-0.2, 0) is 17.0 Å². The summed E-state index contributed by atoms with van der Waals surface area (Å²) in [5, 5.41) is 14.4. The van der Waals surface area contributed by atoms with Gasteiger partial charge in [0.25, 0.3) is 0 Å². The van der Waals surface area contributed by atoms with E-state index in [1.807, 2.05) is 0 Å². The fourth-order valence-electron chi connectivity index (χ4n) is 2.77. The Morgan fingerprint density at radius 3 is 2.71 bits per heavy atom. The van der Waals surface area contributed by atoms with Crippen molar-refractivity contribution in [2.24, 2.45) is 0 Å². The number of nitro groups is 1. The monoisotopic (exact) mass is 333 g/mol. The zero-order valence-electron chi connectivity index (χ0n) is 12.8. The van der Waals surface area contributed by atoms with Crippen LogP contribution in [0.5, 0.6) is 0 Å². The quantitative estimate of drug-likeness (QED) is 0.627. The number of likely N-dealkylation sites (tertiary alicyclic amines) is 1. The lowest BCUT2D eigenvalue weighted by molar-refractivity contribution is -0.385. The van der Waals surface area contributed by atoms with Gasteiger partial charge in [-0.1, -0.05) is 6.07 Å². The summed E-state index contributed by atoms with van der Waals surface area (Å²) in [5.41, 5.74) is -1.30. The molecule has 1 aliphatic heterocycles. The lowest BCUT2D eigenvalue weighted by Crippen LogP contribution is -2.44. The Balaban J connectivity index is 1.59. The highest BCUT2D eigenvalue weighted by molar-refractivity contribution is 5.76. The van der Waals surface area contributed by atoms with E-state index in [0.29, 0.717) is 5.69 Å². The summed E-state index contributed by atoms with van der Waals surface area (Å²) in [5.74, 6) is -0.240. The van der Waals surface area contributed by atoms with Gasteiger partial charge in [0.1, 0.15) is 18.9 Å². The minimum atomic E-state index is -1.53. The van der Waals surface area contributed by atoms with Crippen molar-refractivity contribution >= 4 is 11.6 Å². The summed E-state index contributed by atoms with van der Waals surface area (Å²) in [6.45, 7) is 0.446. The molecule has 126 valence electrons. The van der Waals surface area contributed by atoms with Crippen LogP contribution in [0.15, 0.2) is 36.8 Å². The molecule has 2 aromatic heterocycles. The molecule has 0 radical (unpaired) electrons. The molecule has 0 N–H and O–H groups in total. The highest BCUT2D eigenvalue weighted by Crippen LogP contribution is 2.35. The van der Waals surface area contributed by atoms with Crippen LogP contribution in [0.1, 0.15) is 18.5 Å². The average molecular weight is 333 g/mol. The number of alkyl halides is 1. The van der Waals surface area contributed by atoms with Gasteiger partial charge in [-0.25, -0.2) is 4.39 Å². The molecule has 8 nitrogen and oxygen atoms in total. The molecule has 2 aromatic rings. The largest absolute Gasteiger partial charge is 0.341 e. The second-order valence-electron chi connectivity index (χ2n) is 5.71. The number of piperidine rings is 1. The maximum absolute atomic E-state index is 15.0. The van der Waals surface area contributed by atoms with Gasteiger partial charge in [0, 0.05) is 32.1 Å². The number of rotatable bonds is 4. The van der Waals surface area contributed by atoms with E-state index in [4.69, 9.17) is 0 Å². The molecule has 0 unspecified atom stereocenters. The molecular weight excluding hydrogens is 317 g/mol. The van der Waals surface area contributed by atoms with Crippen LogP contribution in [-0.4, -0.2) is 43.6 Å². The first-order valence-electron chi connectivity index (χ1n) is 7.53. The molecule has 0 atom stereocenters. The molecule has 0 aromatic carbocycles. The topological polar surface area (TPSA) is 94.2 Å². The van der Waals surface area contributed by atoms with Crippen molar-refractivity contribution in [3.8, 4) is 0 Å². The maximum atomic E-state index is 15.0. The third-order valence-corrected chi connectivity index (χ3v) is 4.16. The Hall–Kier alpha value is -2.84. The lowest BCUT2D eigenvalue weighted by atomic mass is 9.89. The minimum absolute atomic E-state index is 0.100. The molecule has 1 fully saturated rings. The first-order chi connectivity index (χ1) is 11.5. The van der Waals surface area contributed by atoms with Crippen molar-refractivity contribution < 1.29 is 14.1 Å². The van der Waals surface area contributed by atoms with E-state index in [9.17, 15) is 19.3 Å². The molecule has 9 heteroatoms. The summed E-state index contributed by atoms with van der Waals surface area (Å²) >= 11 is 0. The van der Waals surface area contributed by atoms with Crippen LogP contribution in [0.4, 0.5) is 10.1 Å². The van der Waals surface area contributed by atoms with E-state index in [2.05, 4.69) is 10.1 Å². The van der Waals surface area contributed by atoms with Crippen LogP contribution in [0.3, 0.4) is 0 Å². The van der Waals surface area contributed by atoms with Gasteiger partial charge in [-0.15, -0.1) is 0 Å². The Morgan fingerprint density at radius 2 is 2.12 bits per heavy atom. The van der Waals surface area contributed by atoms with E-state index in [0.717, 1.165) is 6.20 Å². The standard InChI is InChI=1S/C15H16FN5O3/c16-15(13-3-1-2-6-17-13)4-7-19(8-5-15)14(22)11-20-10-12(9-18-20)21(23)24/h1-3,6,9-10H,4-5,7-8,11H2. The van der Waals surface area contributed by atoms with Crippen LogP contribution < -0.4 is 0 Å². The summed E-state index contributed by atoms with van der Waals surface area (Å²) in [6, 6.07) is 5.13. The molecule has 3 heterocycles. The van der Waals surface area contributed by atoms with Gasteiger partial charge in [0.2, 0.25) is 5.91 Å². The normalized spacial score (nSPS) is 16.8. The molecule has 0 bridgehead atoms. The predicted octanol–water partition coefficient (Wildman–Crippen LogP) is 1.67. The van der Waals surface area contributed by atoms with Gasteiger partial charge in [-0.3, -0.25) is 24.6 Å². The fraction of sp³-hybridized carbons (Fsp3) is 0.400. The van der Waals surface area contributed by atoms with Crippen molar-refractivity contribution in [2.75, 3.05) is 13.1 Å². The third kappa shape index (κ3) is 3.24. The Bertz CT molecular complexity index is 741. The second kappa shape index (κ2) is 6.34. The van der Waals surface area contributed by atoms with Crippen LogP contribution in [0, 0.1) is 10.1 Å². The first-order valence-corrected chi connectivity index (χ1v) is 7.53. The number of hydrogen-bond acceptors (Lipinski definition) is 5. The average Bonchev–Trinajstić information content (AvgIpc) is 3.05. The minimum Gasteiger partial charge on any atom is -0.341 e. The Morgan fingerprint density at radius 1 is 1.38 bits per heavy atom. The number of halogens is 1. The fourth-order valence-corrected chi connectivity index (χ4v) is 2.77. The van der Waals surface area contributed by atoms with Crippen molar-refractivity contribution in [1.82, 2.24) is 19.7 Å². The molecule has 0 saturated carbocycles. The van der Waals surface area contributed by atoms with Crippen molar-refractivity contribution in [3.05, 3.63) is 52.6 Å². The molecule has 0 aliphatic carbocycles. The maximum Gasteiger partial charge on any atom is 0.307 e. The van der Waals surface area contributed by atoms with Gasteiger partial charge in [0.05, 0.1) is 10.6 Å². The van der Waals surface area contributed by atoms with Gasteiger partial charge in [-0.2, -0.15) is 5.10 Å². The molecule has 0 spiro atoms. The van der Waals surface area contributed by atoms with Gasteiger partial charge >= 0.3 is 5.69 Å². The summed E-state index contributed by atoms with van der Waals surface area (Å²) in [6.07, 6.45) is 4.20. The van der Waals surface area contributed by atoms with Crippen molar-refractivity contribution in [1.29, 1.82) is 0 Å². The molecule has 1 saturated heterocycles. The number of carbonyl (C=O) groups is 1. The van der Waals surface area contributed by atoms with Crippen LogP contribution in [0.25, 0.3) is 0 Å². The number of nitrogens with zero attached hydrogens (tertiary/aromatic N) is 5. The van der Waals surface area contributed by atoms with Crippen LogP contribution >= 0.6 is 0 Å². The SMILES string of the molecule is O=C(Cn1cc([N+](=O)[O-])cn1)N1CCC(F)(c2ccccn2)CC1. The second-order valence-corrected chi connectivity index (χ2v) is 5.71. The van der Waals surface area contributed by atoms with Crippen molar-refractivity contribution in [3.63, 3.8) is 0 Å². The van der Waals surface area contributed by atoms with E-state index >= 15 is 0 Å². The number of aromatic nitrogens is 3. The number of hydrogen-bond donors (Lipinski definition) is 0. The van der Waals surface area contributed by atoms with E-state index in [-0.39, 0.29) is 44.1 Å². The Labute approximate surface area is 137 Å². The zero-order chi connectivity index (χ0) is 17.2. The van der Waals surface area contributed by atoms with E-state index in [1.165, 1.54) is 10.9 Å². The molecule has 1 amide bonds. The van der Waals surface area contributed by atoms with Gasteiger partial charge in [-0.05, 0) is 12.1 Å². The van der Waals surface area contributed by atoms with Gasteiger partial charge < -0.3 is 4.90 Å². The number of carbonyl (C=O) groups excluding carboxylic acids is 1. The third-order valence-electron chi connectivity index (χ3n) is 4.16. The highest BCUT2D eigenvalue weighted by Gasteiger charge is 2.38. The smallest absolute Gasteiger partial charge is 0.307 e.